The molecule has 1 aliphatic carbocycles. The van der Waals surface area contributed by atoms with Crippen LogP contribution in [0.3, 0.4) is 0 Å². The Morgan fingerprint density at radius 3 is 2.70 bits per heavy atom. The number of nitrogens with one attached hydrogen (secondary N) is 1. The number of amides is 2. The van der Waals surface area contributed by atoms with Gasteiger partial charge in [0, 0.05) is 12.6 Å². The zero-order chi connectivity index (χ0) is 21.3. The minimum absolute atomic E-state index is 0.0875. The number of halogens is 1. The fourth-order valence-electron chi connectivity index (χ4n) is 3.91. The largest absolute Gasteiger partial charge is 0.332 e. The molecule has 1 fully saturated rings. The van der Waals surface area contributed by atoms with E-state index in [1.54, 1.807) is 31.3 Å². The highest BCUT2D eigenvalue weighted by atomic mass is 35.5. The Balaban J connectivity index is 1.44. The molecule has 0 radical (unpaired) electrons. The van der Waals surface area contributed by atoms with Crippen molar-refractivity contribution >= 4 is 40.1 Å². The molecule has 8 heteroatoms. The first-order valence-corrected chi connectivity index (χ1v) is 10.5. The summed E-state index contributed by atoms with van der Waals surface area (Å²) in [6.45, 7) is 1.84. The van der Waals surface area contributed by atoms with Gasteiger partial charge in [0.05, 0.1) is 28.8 Å². The van der Waals surface area contributed by atoms with E-state index in [1.807, 2.05) is 23.7 Å². The molecule has 1 aliphatic rings. The number of carbonyl (C=O) groups excluding carboxylic acids is 2. The van der Waals surface area contributed by atoms with E-state index in [2.05, 4.69) is 15.6 Å². The zero-order valence-electron chi connectivity index (χ0n) is 17.1. The molecule has 2 amide bonds. The zero-order valence-corrected chi connectivity index (χ0v) is 17.8. The van der Waals surface area contributed by atoms with Crippen LogP contribution in [0.1, 0.15) is 47.6 Å². The van der Waals surface area contributed by atoms with Gasteiger partial charge in [-0.1, -0.05) is 35.7 Å². The van der Waals surface area contributed by atoms with Gasteiger partial charge in [-0.05, 0) is 55.7 Å². The average Bonchev–Trinajstić information content (AvgIpc) is 3.38. The van der Waals surface area contributed by atoms with E-state index in [0.29, 0.717) is 27.8 Å². The van der Waals surface area contributed by atoms with Gasteiger partial charge in [0.25, 0.3) is 5.91 Å². The average molecular weight is 426 g/mol. The lowest BCUT2D eigenvalue weighted by Gasteiger charge is -2.17. The fraction of sp³-hybridized carbons (Fsp3) is 0.364. The summed E-state index contributed by atoms with van der Waals surface area (Å²) in [6, 6.07) is 11.2. The smallest absolute Gasteiger partial charge is 0.254 e. The Labute approximate surface area is 180 Å². The Morgan fingerprint density at radius 2 is 1.97 bits per heavy atom. The number of hydrogen-bond acceptors (Lipinski definition) is 4. The van der Waals surface area contributed by atoms with Crippen LogP contribution in [0.5, 0.6) is 0 Å². The van der Waals surface area contributed by atoms with Gasteiger partial charge in [0.15, 0.2) is 0 Å². The van der Waals surface area contributed by atoms with Gasteiger partial charge in [0.1, 0.15) is 5.52 Å². The standard InChI is InChI=1S/C22H24ClN5O2/c1-14-7-9-18(17(23)11-14)24-21(29)13-27(2)22(30)15-8-10-20-19(12-15)25-26-28(20)16-5-3-4-6-16/h7-12,16H,3-6,13H2,1-2H3,(H,24,29). The molecule has 7 nitrogen and oxygen atoms in total. The van der Waals surface area contributed by atoms with Crippen molar-refractivity contribution in [2.75, 3.05) is 18.9 Å². The van der Waals surface area contributed by atoms with E-state index < -0.39 is 0 Å². The highest BCUT2D eigenvalue weighted by Crippen LogP contribution is 2.31. The van der Waals surface area contributed by atoms with Gasteiger partial charge in [-0.15, -0.1) is 5.10 Å². The van der Waals surface area contributed by atoms with Crippen LogP contribution in [-0.2, 0) is 4.79 Å². The van der Waals surface area contributed by atoms with Crippen LogP contribution in [0, 0.1) is 6.92 Å². The number of aryl methyl sites for hydroxylation is 1. The van der Waals surface area contributed by atoms with Gasteiger partial charge in [-0.3, -0.25) is 9.59 Å². The van der Waals surface area contributed by atoms with Gasteiger partial charge in [-0.2, -0.15) is 0 Å². The second kappa shape index (κ2) is 8.44. The molecule has 0 aliphatic heterocycles. The predicted octanol–water partition coefficient (Wildman–Crippen LogP) is 4.22. The molecule has 1 aromatic heterocycles. The summed E-state index contributed by atoms with van der Waals surface area (Å²) < 4.78 is 1.97. The summed E-state index contributed by atoms with van der Waals surface area (Å²) >= 11 is 6.16. The van der Waals surface area contributed by atoms with Crippen molar-refractivity contribution in [3.8, 4) is 0 Å². The molecular weight excluding hydrogens is 402 g/mol. The van der Waals surface area contributed by atoms with Gasteiger partial charge >= 0.3 is 0 Å². The summed E-state index contributed by atoms with van der Waals surface area (Å²) in [7, 11) is 1.60. The van der Waals surface area contributed by atoms with Crippen LogP contribution in [0.2, 0.25) is 5.02 Å². The molecule has 156 valence electrons. The van der Waals surface area contributed by atoms with Gasteiger partial charge in [-0.25, -0.2) is 4.68 Å². The Kier molecular flexibility index (Phi) is 5.72. The minimum Gasteiger partial charge on any atom is -0.332 e. The highest BCUT2D eigenvalue weighted by molar-refractivity contribution is 6.33. The van der Waals surface area contributed by atoms with Crippen LogP contribution in [0.15, 0.2) is 36.4 Å². The third-order valence-electron chi connectivity index (χ3n) is 5.51. The number of likely N-dealkylation sites (N-methyl/N-ethyl adjacent to an activating group) is 1. The van der Waals surface area contributed by atoms with Crippen LogP contribution < -0.4 is 5.32 Å². The topological polar surface area (TPSA) is 80.1 Å². The molecular formula is C22H24ClN5O2. The maximum Gasteiger partial charge on any atom is 0.254 e. The lowest BCUT2D eigenvalue weighted by Crippen LogP contribution is -2.35. The third kappa shape index (κ3) is 4.16. The molecule has 0 saturated heterocycles. The van der Waals surface area contributed by atoms with Gasteiger partial charge < -0.3 is 10.2 Å². The van der Waals surface area contributed by atoms with Crippen molar-refractivity contribution in [1.29, 1.82) is 0 Å². The molecule has 30 heavy (non-hydrogen) atoms. The second-order valence-corrected chi connectivity index (χ2v) is 8.28. The monoisotopic (exact) mass is 425 g/mol. The minimum atomic E-state index is -0.315. The van der Waals surface area contributed by atoms with Gasteiger partial charge in [0.2, 0.25) is 5.91 Å². The van der Waals surface area contributed by atoms with Crippen molar-refractivity contribution < 1.29 is 9.59 Å². The summed E-state index contributed by atoms with van der Waals surface area (Å²) in [5, 5.41) is 11.8. The van der Waals surface area contributed by atoms with Crippen LogP contribution >= 0.6 is 11.6 Å². The molecule has 0 unspecified atom stereocenters. The Morgan fingerprint density at radius 1 is 1.20 bits per heavy atom. The van der Waals surface area contributed by atoms with Crippen LogP contribution in [-0.4, -0.2) is 45.3 Å². The highest BCUT2D eigenvalue weighted by Gasteiger charge is 2.21. The third-order valence-corrected chi connectivity index (χ3v) is 5.83. The number of carbonyl (C=O) groups is 2. The van der Waals surface area contributed by atoms with E-state index in [1.165, 1.54) is 17.7 Å². The maximum absolute atomic E-state index is 12.8. The number of rotatable bonds is 5. The van der Waals surface area contributed by atoms with Crippen molar-refractivity contribution in [3.63, 3.8) is 0 Å². The number of benzene rings is 2. The molecule has 2 aromatic carbocycles. The van der Waals surface area contributed by atoms with Crippen LogP contribution in [0.25, 0.3) is 11.0 Å². The normalized spacial score (nSPS) is 14.2. The number of nitrogens with zero attached hydrogens (tertiary/aromatic N) is 4. The predicted molar refractivity (Wildman–Crippen MR) is 117 cm³/mol. The van der Waals surface area contributed by atoms with Crippen molar-refractivity contribution in [1.82, 2.24) is 19.9 Å². The lowest BCUT2D eigenvalue weighted by molar-refractivity contribution is -0.116. The van der Waals surface area contributed by atoms with E-state index in [-0.39, 0.29) is 18.4 Å². The quantitative estimate of drug-likeness (QED) is 0.663. The fourth-order valence-corrected chi connectivity index (χ4v) is 4.19. The molecule has 4 rings (SSSR count). The molecule has 0 bridgehead atoms. The Hall–Kier alpha value is -2.93. The molecule has 0 atom stereocenters. The van der Waals surface area contributed by atoms with Crippen molar-refractivity contribution in [3.05, 3.63) is 52.5 Å². The van der Waals surface area contributed by atoms with Crippen molar-refractivity contribution in [2.24, 2.45) is 0 Å². The molecule has 3 aromatic rings. The van der Waals surface area contributed by atoms with E-state index in [4.69, 9.17) is 11.6 Å². The maximum atomic E-state index is 12.8. The van der Waals surface area contributed by atoms with Crippen LogP contribution in [0.4, 0.5) is 5.69 Å². The number of anilines is 1. The Bertz CT molecular complexity index is 1100. The second-order valence-electron chi connectivity index (χ2n) is 7.87. The van der Waals surface area contributed by atoms with E-state index in [9.17, 15) is 9.59 Å². The first-order valence-electron chi connectivity index (χ1n) is 10.1. The number of aromatic nitrogens is 3. The summed E-state index contributed by atoms with van der Waals surface area (Å²) in [5.41, 5.74) is 3.64. The first kappa shape index (κ1) is 20.3. The lowest BCUT2D eigenvalue weighted by atomic mass is 10.1. The van der Waals surface area contributed by atoms with Crippen molar-refractivity contribution in [2.45, 2.75) is 38.6 Å². The first-order chi connectivity index (χ1) is 14.4. The number of hydrogen-bond donors (Lipinski definition) is 1. The summed E-state index contributed by atoms with van der Waals surface area (Å²) in [4.78, 5) is 26.6. The molecule has 1 saturated carbocycles. The SMILES string of the molecule is Cc1ccc(NC(=O)CN(C)C(=O)c2ccc3c(c2)nnn3C2CCCC2)c(Cl)c1. The van der Waals surface area contributed by atoms with E-state index in [0.717, 1.165) is 23.9 Å². The summed E-state index contributed by atoms with van der Waals surface area (Å²) in [6.07, 6.45) is 4.65. The molecule has 1 N–H and O–H groups in total. The molecule has 1 heterocycles. The number of fused-ring (bicyclic) bond motifs is 1. The molecule has 0 spiro atoms. The summed E-state index contributed by atoms with van der Waals surface area (Å²) in [5.74, 6) is -0.567. The van der Waals surface area contributed by atoms with E-state index >= 15 is 0 Å².